The first-order valence-corrected chi connectivity index (χ1v) is 13.2. The van der Waals surface area contributed by atoms with Gasteiger partial charge >= 0.3 is 0 Å². The van der Waals surface area contributed by atoms with Crippen LogP contribution in [0, 0.1) is 0 Å². The molecule has 2 aliphatic heterocycles. The Balaban J connectivity index is 1.43. The summed E-state index contributed by atoms with van der Waals surface area (Å²) < 4.78 is 29.2. The third kappa shape index (κ3) is 3.65. The summed E-state index contributed by atoms with van der Waals surface area (Å²) in [6.45, 7) is 2.58. The van der Waals surface area contributed by atoms with Crippen molar-refractivity contribution >= 4 is 26.6 Å². The van der Waals surface area contributed by atoms with Gasteiger partial charge in [-0.3, -0.25) is 0 Å². The van der Waals surface area contributed by atoms with Gasteiger partial charge in [-0.2, -0.15) is 4.31 Å². The van der Waals surface area contributed by atoms with Crippen LogP contribution >= 0.6 is 0 Å². The molecule has 3 aromatic carbocycles. The molecule has 172 valence electrons. The Labute approximate surface area is 199 Å². The molecule has 6 nitrogen and oxygen atoms in total. The lowest BCUT2D eigenvalue weighted by atomic mass is 10.1. The highest BCUT2D eigenvalue weighted by Crippen LogP contribution is 2.34. The molecule has 0 saturated carbocycles. The monoisotopic (exact) mass is 470 g/mol. The molecule has 0 bridgehead atoms. The van der Waals surface area contributed by atoms with E-state index >= 15 is 0 Å². The summed E-state index contributed by atoms with van der Waals surface area (Å²) in [5.74, 6) is 1.60. The number of rotatable bonds is 4. The van der Waals surface area contributed by atoms with Gasteiger partial charge < -0.3 is 4.90 Å². The van der Waals surface area contributed by atoms with Crippen LogP contribution in [0.5, 0.6) is 0 Å². The van der Waals surface area contributed by atoms with Gasteiger partial charge in [-0.25, -0.2) is 18.4 Å². The number of sulfonamides is 1. The molecule has 0 atom stereocenters. The third-order valence-corrected chi connectivity index (χ3v) is 8.71. The van der Waals surface area contributed by atoms with E-state index in [1.54, 1.807) is 10.4 Å². The van der Waals surface area contributed by atoms with E-state index in [2.05, 4.69) is 4.90 Å². The normalized spacial score (nSPS) is 16.6. The largest absolute Gasteiger partial charge is 0.356 e. The van der Waals surface area contributed by atoms with Gasteiger partial charge in [0.15, 0.2) is 5.82 Å². The maximum atomic E-state index is 13.8. The van der Waals surface area contributed by atoms with E-state index in [-0.39, 0.29) is 0 Å². The predicted octanol–water partition coefficient (Wildman–Crippen LogP) is 4.64. The van der Waals surface area contributed by atoms with Gasteiger partial charge in [-0.05, 0) is 24.3 Å². The number of anilines is 1. The Morgan fingerprint density at radius 3 is 2.32 bits per heavy atom. The Morgan fingerprint density at radius 2 is 1.50 bits per heavy atom. The highest BCUT2D eigenvalue weighted by atomic mass is 32.2. The SMILES string of the molecule is O=S(=O)(c1cccc2ccccc12)N1CCc2nc(-c3ccccc3)nc(N3CCCC3)c2C1. The Morgan fingerprint density at radius 1 is 0.765 bits per heavy atom. The van der Waals surface area contributed by atoms with Crippen molar-refractivity contribution in [2.75, 3.05) is 24.5 Å². The van der Waals surface area contributed by atoms with E-state index in [0.717, 1.165) is 59.3 Å². The molecule has 0 amide bonds. The minimum Gasteiger partial charge on any atom is -0.356 e. The highest BCUT2D eigenvalue weighted by molar-refractivity contribution is 7.89. The van der Waals surface area contributed by atoms with Crippen LogP contribution in [0.3, 0.4) is 0 Å². The van der Waals surface area contributed by atoms with E-state index in [1.165, 1.54) is 0 Å². The average Bonchev–Trinajstić information content (AvgIpc) is 3.43. The second-order valence-electron chi connectivity index (χ2n) is 8.92. The maximum Gasteiger partial charge on any atom is 0.244 e. The molecule has 34 heavy (non-hydrogen) atoms. The van der Waals surface area contributed by atoms with Crippen molar-refractivity contribution in [2.24, 2.45) is 0 Å². The first-order valence-electron chi connectivity index (χ1n) is 11.8. The van der Waals surface area contributed by atoms with Crippen LogP contribution in [-0.4, -0.2) is 42.3 Å². The van der Waals surface area contributed by atoms with Crippen molar-refractivity contribution in [2.45, 2.75) is 30.7 Å². The molecular formula is C27H26N4O2S. The van der Waals surface area contributed by atoms with Crippen molar-refractivity contribution in [3.05, 3.63) is 84.1 Å². The molecule has 0 radical (unpaired) electrons. The first kappa shape index (κ1) is 21.3. The third-order valence-electron chi connectivity index (χ3n) is 6.81. The summed E-state index contributed by atoms with van der Waals surface area (Å²) in [5.41, 5.74) is 2.88. The van der Waals surface area contributed by atoms with Gasteiger partial charge in [0.05, 0.1) is 10.6 Å². The second kappa shape index (κ2) is 8.49. The molecule has 4 aromatic rings. The molecule has 3 heterocycles. The Kier molecular flexibility index (Phi) is 5.31. The van der Waals surface area contributed by atoms with Gasteiger partial charge in [0, 0.05) is 49.1 Å². The zero-order valence-electron chi connectivity index (χ0n) is 18.9. The minimum absolute atomic E-state index is 0.293. The summed E-state index contributed by atoms with van der Waals surface area (Å²) in [5, 5.41) is 1.68. The summed E-state index contributed by atoms with van der Waals surface area (Å²) >= 11 is 0. The van der Waals surface area contributed by atoms with Crippen LogP contribution in [0.15, 0.2) is 77.7 Å². The van der Waals surface area contributed by atoms with Crippen LogP contribution in [0.1, 0.15) is 24.1 Å². The van der Waals surface area contributed by atoms with E-state index in [4.69, 9.17) is 9.97 Å². The van der Waals surface area contributed by atoms with Crippen LogP contribution < -0.4 is 4.90 Å². The summed E-state index contributed by atoms with van der Waals surface area (Å²) in [7, 11) is -3.67. The molecule has 0 N–H and O–H groups in total. The van der Waals surface area contributed by atoms with E-state index < -0.39 is 10.0 Å². The topological polar surface area (TPSA) is 66.4 Å². The fourth-order valence-electron chi connectivity index (χ4n) is 5.04. The van der Waals surface area contributed by atoms with Crippen molar-refractivity contribution in [1.82, 2.24) is 14.3 Å². The number of nitrogens with zero attached hydrogens (tertiary/aromatic N) is 4. The molecule has 1 fully saturated rings. The molecule has 7 heteroatoms. The van der Waals surface area contributed by atoms with Crippen molar-refractivity contribution in [1.29, 1.82) is 0 Å². The summed E-state index contributed by atoms with van der Waals surface area (Å²) in [6, 6.07) is 23.1. The molecular weight excluding hydrogens is 444 g/mol. The molecule has 1 saturated heterocycles. The van der Waals surface area contributed by atoms with Crippen molar-refractivity contribution < 1.29 is 8.42 Å². The minimum atomic E-state index is -3.67. The van der Waals surface area contributed by atoms with Gasteiger partial charge in [-0.1, -0.05) is 66.7 Å². The van der Waals surface area contributed by atoms with Crippen LogP contribution in [0.25, 0.3) is 22.2 Å². The van der Waals surface area contributed by atoms with E-state index in [0.29, 0.717) is 30.2 Å². The number of benzene rings is 3. The molecule has 2 aliphatic rings. The van der Waals surface area contributed by atoms with Gasteiger partial charge in [0.25, 0.3) is 0 Å². The molecule has 0 unspecified atom stereocenters. The van der Waals surface area contributed by atoms with Crippen LogP contribution in [0.2, 0.25) is 0 Å². The molecule has 1 aromatic heterocycles. The Bertz CT molecular complexity index is 1460. The quantitative estimate of drug-likeness (QED) is 0.435. The van der Waals surface area contributed by atoms with Crippen LogP contribution in [0.4, 0.5) is 5.82 Å². The lowest BCUT2D eigenvalue weighted by Crippen LogP contribution is -2.38. The van der Waals surface area contributed by atoms with Gasteiger partial charge in [0.2, 0.25) is 10.0 Å². The molecule has 0 aliphatic carbocycles. The first-order chi connectivity index (χ1) is 16.6. The van der Waals surface area contributed by atoms with Crippen molar-refractivity contribution in [3.63, 3.8) is 0 Å². The number of hydrogen-bond donors (Lipinski definition) is 0. The predicted molar refractivity (Wildman–Crippen MR) is 134 cm³/mol. The van der Waals surface area contributed by atoms with E-state index in [9.17, 15) is 8.42 Å². The van der Waals surface area contributed by atoms with Gasteiger partial charge in [-0.15, -0.1) is 0 Å². The summed E-state index contributed by atoms with van der Waals surface area (Å²) in [6.07, 6.45) is 2.82. The molecule has 6 rings (SSSR count). The number of hydrogen-bond acceptors (Lipinski definition) is 5. The highest BCUT2D eigenvalue weighted by Gasteiger charge is 2.33. The standard InChI is InChI=1S/C27H26N4O2S/c32-34(33,25-14-8-12-20-9-4-5-13-22(20)25)31-18-15-24-23(19-31)27(30-16-6-7-17-30)29-26(28-24)21-10-2-1-3-11-21/h1-5,8-14H,6-7,15-19H2. The maximum absolute atomic E-state index is 13.8. The van der Waals surface area contributed by atoms with E-state index in [1.807, 2.05) is 66.7 Å². The zero-order chi connectivity index (χ0) is 23.1. The number of fused-ring (bicyclic) bond motifs is 2. The smallest absolute Gasteiger partial charge is 0.244 e. The second-order valence-corrected chi connectivity index (χ2v) is 10.8. The zero-order valence-corrected chi connectivity index (χ0v) is 19.7. The lowest BCUT2D eigenvalue weighted by molar-refractivity contribution is 0.387. The van der Waals surface area contributed by atoms with Gasteiger partial charge in [0.1, 0.15) is 5.82 Å². The summed E-state index contributed by atoms with van der Waals surface area (Å²) in [4.78, 5) is 12.5. The van der Waals surface area contributed by atoms with Crippen molar-refractivity contribution in [3.8, 4) is 11.4 Å². The number of aromatic nitrogens is 2. The fourth-order valence-corrected chi connectivity index (χ4v) is 6.67. The van der Waals surface area contributed by atoms with Crippen LogP contribution in [-0.2, 0) is 23.0 Å². The molecule has 0 spiro atoms. The average molecular weight is 471 g/mol. The fraction of sp³-hybridized carbons (Fsp3) is 0.259. The Hall–Kier alpha value is -3.29. The lowest BCUT2D eigenvalue weighted by Gasteiger charge is -2.31.